The number of nitrogens with one attached hydrogen (secondary N) is 1. The van der Waals surface area contributed by atoms with Crippen LogP contribution < -0.4 is 5.32 Å². The summed E-state index contributed by atoms with van der Waals surface area (Å²) in [6.07, 6.45) is 0. The lowest BCUT2D eigenvalue weighted by molar-refractivity contribution is 0.184. The van der Waals surface area contributed by atoms with E-state index in [-0.39, 0.29) is 19.1 Å². The Bertz CT molecular complexity index is 890. The van der Waals surface area contributed by atoms with Crippen LogP contribution >= 0.6 is 0 Å². The minimum Gasteiger partial charge on any atom is -0.322 e. The van der Waals surface area contributed by atoms with Gasteiger partial charge in [-0.1, -0.05) is 35.9 Å². The molecular weight excluding hydrogens is 350 g/mol. The van der Waals surface area contributed by atoms with Crippen LogP contribution in [0.15, 0.2) is 53.4 Å². The van der Waals surface area contributed by atoms with Crippen molar-refractivity contribution >= 4 is 21.7 Å². The zero-order chi connectivity index (χ0) is 18.7. The third-order valence-electron chi connectivity index (χ3n) is 4.50. The largest absolute Gasteiger partial charge is 0.322 e. The Morgan fingerprint density at radius 2 is 1.62 bits per heavy atom. The number of nitrogens with zero attached hydrogens (tertiary/aromatic N) is 2. The number of rotatable bonds is 3. The monoisotopic (exact) mass is 373 g/mol. The van der Waals surface area contributed by atoms with Crippen molar-refractivity contribution in [2.45, 2.75) is 18.7 Å². The topological polar surface area (TPSA) is 69.7 Å². The van der Waals surface area contributed by atoms with Gasteiger partial charge in [0.25, 0.3) is 0 Å². The summed E-state index contributed by atoms with van der Waals surface area (Å²) in [5, 5.41) is 2.83. The van der Waals surface area contributed by atoms with E-state index >= 15 is 0 Å². The van der Waals surface area contributed by atoms with Crippen LogP contribution in [0.4, 0.5) is 10.5 Å². The second-order valence-corrected chi connectivity index (χ2v) is 8.36. The maximum Gasteiger partial charge on any atom is 0.321 e. The molecule has 1 fully saturated rings. The number of urea groups is 1. The quantitative estimate of drug-likeness (QED) is 0.899. The first-order valence-corrected chi connectivity index (χ1v) is 10.0. The number of piperazine rings is 1. The summed E-state index contributed by atoms with van der Waals surface area (Å²) < 4.78 is 27.2. The van der Waals surface area contributed by atoms with Crippen LogP contribution in [0.2, 0.25) is 0 Å². The highest BCUT2D eigenvalue weighted by Crippen LogP contribution is 2.22. The molecular formula is C19H23N3O3S. The molecule has 2 aromatic carbocycles. The number of hydrogen-bond donors (Lipinski definition) is 1. The van der Waals surface area contributed by atoms with E-state index < -0.39 is 10.0 Å². The molecule has 0 bridgehead atoms. The number of benzene rings is 2. The molecule has 0 unspecified atom stereocenters. The van der Waals surface area contributed by atoms with Crippen LogP contribution in [-0.4, -0.2) is 49.8 Å². The Kier molecular flexibility index (Phi) is 5.29. The number of sulfonamides is 1. The second-order valence-electron chi connectivity index (χ2n) is 6.46. The van der Waals surface area contributed by atoms with Gasteiger partial charge >= 0.3 is 6.03 Å². The number of para-hydroxylation sites is 1. The lowest BCUT2D eigenvalue weighted by atomic mass is 10.2. The Morgan fingerprint density at radius 3 is 2.23 bits per heavy atom. The van der Waals surface area contributed by atoms with Gasteiger partial charge in [-0.25, -0.2) is 13.2 Å². The first kappa shape index (κ1) is 18.4. The van der Waals surface area contributed by atoms with E-state index in [0.717, 1.165) is 16.8 Å². The fourth-order valence-corrected chi connectivity index (χ4v) is 4.71. The minimum absolute atomic E-state index is 0.209. The summed E-state index contributed by atoms with van der Waals surface area (Å²) in [6.45, 7) is 5.05. The molecule has 7 heteroatoms. The van der Waals surface area contributed by atoms with Crippen molar-refractivity contribution < 1.29 is 13.2 Å². The number of carbonyl (C=O) groups is 1. The molecule has 6 nitrogen and oxygen atoms in total. The molecule has 0 radical (unpaired) electrons. The Labute approximate surface area is 154 Å². The van der Waals surface area contributed by atoms with Gasteiger partial charge in [0, 0.05) is 31.9 Å². The Morgan fingerprint density at radius 1 is 0.962 bits per heavy atom. The molecule has 1 heterocycles. The highest BCUT2D eigenvalue weighted by molar-refractivity contribution is 7.89. The van der Waals surface area contributed by atoms with E-state index in [1.54, 1.807) is 11.0 Å². The van der Waals surface area contributed by atoms with Gasteiger partial charge in [0.05, 0.1) is 4.90 Å². The number of carbonyl (C=O) groups excluding carboxylic acids is 1. The average molecular weight is 373 g/mol. The molecule has 0 atom stereocenters. The van der Waals surface area contributed by atoms with Gasteiger partial charge in [-0.2, -0.15) is 4.31 Å². The molecule has 2 aromatic rings. The normalized spacial score (nSPS) is 15.7. The number of hydrogen-bond acceptors (Lipinski definition) is 3. The molecule has 3 rings (SSSR count). The zero-order valence-corrected chi connectivity index (χ0v) is 15.8. The summed E-state index contributed by atoms with van der Waals surface area (Å²) in [5.41, 5.74) is 2.50. The molecule has 1 aliphatic heterocycles. The van der Waals surface area contributed by atoms with E-state index in [1.165, 1.54) is 4.31 Å². The first-order chi connectivity index (χ1) is 12.4. The van der Waals surface area contributed by atoms with Gasteiger partial charge in [-0.05, 0) is 37.6 Å². The van der Waals surface area contributed by atoms with E-state index in [9.17, 15) is 13.2 Å². The van der Waals surface area contributed by atoms with Crippen molar-refractivity contribution in [2.24, 2.45) is 0 Å². The van der Waals surface area contributed by atoms with Crippen molar-refractivity contribution in [1.29, 1.82) is 0 Å². The maximum absolute atomic E-state index is 12.9. The molecule has 1 N–H and O–H groups in total. The van der Waals surface area contributed by atoms with Crippen LogP contribution in [0.5, 0.6) is 0 Å². The molecule has 0 spiro atoms. The van der Waals surface area contributed by atoms with E-state index in [2.05, 4.69) is 5.32 Å². The Balaban J connectivity index is 1.65. The highest BCUT2D eigenvalue weighted by atomic mass is 32.2. The van der Waals surface area contributed by atoms with Crippen LogP contribution in [0.25, 0.3) is 0 Å². The van der Waals surface area contributed by atoms with E-state index in [1.807, 2.05) is 56.3 Å². The fourth-order valence-electron chi connectivity index (χ4n) is 3.08. The van der Waals surface area contributed by atoms with Crippen LogP contribution in [0.1, 0.15) is 11.1 Å². The summed E-state index contributed by atoms with van der Waals surface area (Å²) >= 11 is 0. The van der Waals surface area contributed by atoms with Gasteiger partial charge in [-0.15, -0.1) is 0 Å². The molecule has 0 aliphatic carbocycles. The zero-order valence-electron chi connectivity index (χ0n) is 15.0. The lowest BCUT2D eigenvalue weighted by Gasteiger charge is -2.34. The molecule has 26 heavy (non-hydrogen) atoms. The van der Waals surface area contributed by atoms with Crippen LogP contribution in [0.3, 0.4) is 0 Å². The SMILES string of the molecule is Cc1ccc(S(=O)(=O)N2CCN(C(=O)Nc3ccccc3)CC2)c(C)c1. The van der Waals surface area contributed by atoms with E-state index in [4.69, 9.17) is 0 Å². The van der Waals surface area contributed by atoms with Crippen molar-refractivity contribution in [2.75, 3.05) is 31.5 Å². The molecule has 2 amide bonds. The molecule has 0 saturated carbocycles. The summed E-state index contributed by atoms with van der Waals surface area (Å²) in [7, 11) is -3.54. The number of anilines is 1. The second kappa shape index (κ2) is 7.47. The van der Waals surface area contributed by atoms with Crippen LogP contribution in [0, 0.1) is 13.8 Å². The highest BCUT2D eigenvalue weighted by Gasteiger charge is 2.31. The summed E-state index contributed by atoms with van der Waals surface area (Å²) in [4.78, 5) is 14.3. The average Bonchev–Trinajstić information content (AvgIpc) is 2.62. The summed E-state index contributed by atoms with van der Waals surface area (Å²) in [5.74, 6) is 0. The predicted molar refractivity (Wildman–Crippen MR) is 102 cm³/mol. The summed E-state index contributed by atoms with van der Waals surface area (Å²) in [6, 6.07) is 14.4. The van der Waals surface area contributed by atoms with Gasteiger partial charge in [0.15, 0.2) is 0 Å². The number of amides is 2. The van der Waals surface area contributed by atoms with Gasteiger partial charge in [0.1, 0.15) is 0 Å². The first-order valence-electron chi connectivity index (χ1n) is 8.56. The maximum atomic E-state index is 12.9. The molecule has 0 aromatic heterocycles. The van der Waals surface area contributed by atoms with Crippen LogP contribution in [-0.2, 0) is 10.0 Å². The van der Waals surface area contributed by atoms with Crippen molar-refractivity contribution in [3.05, 3.63) is 59.7 Å². The lowest BCUT2D eigenvalue weighted by Crippen LogP contribution is -2.51. The standard InChI is InChI=1S/C19H23N3O3S/c1-15-8-9-18(16(2)14-15)26(24,25)22-12-10-21(11-13-22)19(23)20-17-6-4-3-5-7-17/h3-9,14H,10-13H2,1-2H3,(H,20,23). The van der Waals surface area contributed by atoms with E-state index in [0.29, 0.717) is 18.0 Å². The van der Waals surface area contributed by atoms with Gasteiger partial charge < -0.3 is 10.2 Å². The third kappa shape index (κ3) is 3.89. The van der Waals surface area contributed by atoms with Crippen molar-refractivity contribution in [1.82, 2.24) is 9.21 Å². The third-order valence-corrected chi connectivity index (χ3v) is 6.56. The Hall–Kier alpha value is -2.38. The minimum atomic E-state index is -3.54. The fraction of sp³-hybridized carbons (Fsp3) is 0.316. The molecule has 138 valence electrons. The molecule has 1 aliphatic rings. The van der Waals surface area contributed by atoms with Gasteiger partial charge in [-0.3, -0.25) is 0 Å². The van der Waals surface area contributed by atoms with Crippen molar-refractivity contribution in [3.63, 3.8) is 0 Å². The van der Waals surface area contributed by atoms with Gasteiger partial charge in [0.2, 0.25) is 10.0 Å². The molecule has 1 saturated heterocycles. The smallest absolute Gasteiger partial charge is 0.321 e. The number of aryl methyl sites for hydroxylation is 2. The predicted octanol–water partition coefficient (Wildman–Crippen LogP) is 2.84. The van der Waals surface area contributed by atoms with Crippen molar-refractivity contribution in [3.8, 4) is 0 Å².